The van der Waals surface area contributed by atoms with Crippen molar-refractivity contribution >= 4 is 11.4 Å². The van der Waals surface area contributed by atoms with Gasteiger partial charge in [0.15, 0.2) is 0 Å². The molecule has 0 unspecified atom stereocenters. The monoisotopic (exact) mass is 234 g/mol. The number of benzene rings is 1. The van der Waals surface area contributed by atoms with Gasteiger partial charge >= 0.3 is 0 Å². The molecule has 0 aliphatic carbocycles. The molecule has 0 atom stereocenters. The molecule has 92 valence electrons. The fraction of sp³-hybridized carbons (Fsp3) is 0.385. The smallest absolute Gasteiger partial charge is 0.106 e. The fourth-order valence-corrected chi connectivity index (χ4v) is 1.47. The van der Waals surface area contributed by atoms with Crippen LogP contribution < -0.4 is 0 Å². The third-order valence-electron chi connectivity index (χ3n) is 2.31. The van der Waals surface area contributed by atoms with Gasteiger partial charge in [0.05, 0.1) is 11.4 Å². The molecular formula is C13H18N2O2. The molecule has 17 heavy (non-hydrogen) atoms. The lowest BCUT2D eigenvalue weighted by Gasteiger charge is -2.06. The Morgan fingerprint density at radius 2 is 1.71 bits per heavy atom. The largest absolute Gasteiger partial charge is 0.399 e. The molecule has 0 aliphatic heterocycles. The molecule has 0 aliphatic rings. The van der Waals surface area contributed by atoms with Crippen LogP contribution in [0.2, 0.25) is 0 Å². The van der Waals surface area contributed by atoms with Crippen molar-refractivity contribution in [3.63, 3.8) is 0 Å². The van der Waals surface area contributed by atoms with E-state index < -0.39 is 0 Å². The lowest BCUT2D eigenvalue weighted by molar-refractivity contribution is 0.210. The van der Waals surface area contributed by atoms with Gasteiger partial charge in [-0.15, -0.1) is 0 Å². The van der Waals surface area contributed by atoms with Gasteiger partial charge in [-0.3, -0.25) is 0 Å². The minimum absolute atomic E-state index is 0.627. The summed E-state index contributed by atoms with van der Waals surface area (Å²) < 4.78 is 0. The molecule has 0 amide bonds. The minimum atomic E-state index is 0.627. The van der Waals surface area contributed by atoms with Crippen LogP contribution in [0, 0.1) is 0 Å². The molecule has 0 spiro atoms. The Morgan fingerprint density at radius 1 is 1.06 bits per heavy atom. The Balaban J connectivity index is 2.89. The van der Waals surface area contributed by atoms with Crippen molar-refractivity contribution < 1.29 is 9.68 Å². The van der Waals surface area contributed by atoms with Crippen molar-refractivity contribution in [3.8, 4) is 0 Å². The van der Waals surface area contributed by atoms with Crippen molar-refractivity contribution in [2.45, 2.75) is 19.8 Å². The van der Waals surface area contributed by atoms with Crippen molar-refractivity contribution in [2.24, 2.45) is 10.3 Å². The van der Waals surface area contributed by atoms with Gasteiger partial charge in [-0.1, -0.05) is 47.6 Å². The van der Waals surface area contributed by atoms with Crippen LogP contribution in [0.4, 0.5) is 0 Å². The molecule has 1 aromatic carbocycles. The molecule has 0 heterocycles. The predicted molar refractivity (Wildman–Crippen MR) is 69.3 cm³/mol. The first-order valence-electron chi connectivity index (χ1n) is 5.56. The third kappa shape index (κ3) is 4.26. The summed E-state index contributed by atoms with van der Waals surface area (Å²) in [6.07, 6.45) is 1.45. The minimum Gasteiger partial charge on any atom is -0.399 e. The van der Waals surface area contributed by atoms with E-state index in [1.807, 2.05) is 37.3 Å². The fourth-order valence-electron chi connectivity index (χ4n) is 1.47. The summed E-state index contributed by atoms with van der Waals surface area (Å²) >= 11 is 0. The molecule has 0 bridgehead atoms. The molecule has 0 radical (unpaired) electrons. The summed E-state index contributed by atoms with van der Waals surface area (Å²) in [6, 6.07) is 9.91. The third-order valence-corrected chi connectivity index (χ3v) is 2.31. The number of hydrogen-bond donors (Lipinski definition) is 0. The first-order valence-corrected chi connectivity index (χ1v) is 5.56. The van der Waals surface area contributed by atoms with Gasteiger partial charge in [-0.25, -0.2) is 0 Å². The maximum absolute atomic E-state index is 4.87. The molecule has 0 saturated heterocycles. The number of nitrogens with zero attached hydrogens (tertiary/aromatic N) is 2. The van der Waals surface area contributed by atoms with Crippen molar-refractivity contribution in [3.05, 3.63) is 35.9 Å². The molecular weight excluding hydrogens is 216 g/mol. The van der Waals surface area contributed by atoms with E-state index in [4.69, 9.17) is 9.68 Å². The van der Waals surface area contributed by atoms with E-state index in [1.165, 1.54) is 0 Å². The molecule has 4 heteroatoms. The second kappa shape index (κ2) is 7.44. The predicted octanol–water partition coefficient (Wildman–Crippen LogP) is 2.84. The lowest BCUT2D eigenvalue weighted by atomic mass is 10.0. The van der Waals surface area contributed by atoms with Gasteiger partial charge < -0.3 is 9.68 Å². The summed E-state index contributed by atoms with van der Waals surface area (Å²) in [6.45, 7) is 2.03. The maximum Gasteiger partial charge on any atom is 0.106 e. The van der Waals surface area contributed by atoms with Crippen LogP contribution in [0.3, 0.4) is 0 Å². The summed E-state index contributed by atoms with van der Waals surface area (Å²) in [4.78, 5) is 9.68. The quantitative estimate of drug-likeness (QED) is 0.561. The average molecular weight is 234 g/mol. The van der Waals surface area contributed by atoms with E-state index in [0.29, 0.717) is 6.42 Å². The van der Waals surface area contributed by atoms with Gasteiger partial charge in [0.1, 0.15) is 14.2 Å². The number of hydrogen-bond acceptors (Lipinski definition) is 4. The first kappa shape index (κ1) is 13.2. The Hall–Kier alpha value is -1.84. The highest BCUT2D eigenvalue weighted by Crippen LogP contribution is 2.07. The van der Waals surface area contributed by atoms with Gasteiger partial charge in [0, 0.05) is 6.42 Å². The summed E-state index contributed by atoms with van der Waals surface area (Å²) in [5, 5.41) is 8.02. The zero-order valence-corrected chi connectivity index (χ0v) is 10.5. The summed E-state index contributed by atoms with van der Waals surface area (Å²) in [5.41, 5.74) is 2.82. The molecule has 0 aromatic heterocycles. The van der Waals surface area contributed by atoms with E-state index in [9.17, 15) is 0 Å². The van der Waals surface area contributed by atoms with E-state index in [1.54, 1.807) is 14.2 Å². The molecule has 0 saturated carbocycles. The topological polar surface area (TPSA) is 43.2 Å². The molecule has 0 N–H and O–H groups in total. The van der Waals surface area contributed by atoms with Crippen molar-refractivity contribution in [1.82, 2.24) is 0 Å². The van der Waals surface area contributed by atoms with Crippen LogP contribution in [-0.2, 0) is 9.68 Å². The van der Waals surface area contributed by atoms with Crippen molar-refractivity contribution in [2.75, 3.05) is 14.2 Å². The van der Waals surface area contributed by atoms with Gasteiger partial charge in [-0.2, -0.15) is 0 Å². The van der Waals surface area contributed by atoms with Gasteiger partial charge in [0.2, 0.25) is 0 Å². The summed E-state index contributed by atoms with van der Waals surface area (Å²) in [7, 11) is 3.09. The average Bonchev–Trinajstić information content (AvgIpc) is 2.38. The zero-order valence-electron chi connectivity index (χ0n) is 10.5. The highest BCUT2D eigenvalue weighted by atomic mass is 16.6. The van der Waals surface area contributed by atoms with E-state index in [2.05, 4.69) is 10.3 Å². The Bertz CT molecular complexity index is 386. The Labute approximate surface area is 102 Å². The SMILES string of the molecule is CCC(CC(=NOC)c1ccccc1)=NOC. The number of oxime groups is 2. The highest BCUT2D eigenvalue weighted by molar-refractivity contribution is 6.12. The second-order valence-corrected chi connectivity index (χ2v) is 3.46. The first-order chi connectivity index (χ1) is 8.31. The molecule has 0 fully saturated rings. The zero-order chi connectivity index (χ0) is 12.5. The van der Waals surface area contributed by atoms with Crippen LogP contribution in [0.15, 0.2) is 40.6 Å². The van der Waals surface area contributed by atoms with Gasteiger partial charge in [-0.05, 0) is 12.0 Å². The molecule has 1 rings (SSSR count). The van der Waals surface area contributed by atoms with Crippen molar-refractivity contribution in [1.29, 1.82) is 0 Å². The van der Waals surface area contributed by atoms with Crippen LogP contribution in [-0.4, -0.2) is 25.6 Å². The maximum atomic E-state index is 4.87. The summed E-state index contributed by atoms with van der Waals surface area (Å²) in [5.74, 6) is 0. The molecule has 4 nitrogen and oxygen atoms in total. The Kier molecular flexibility index (Phi) is 5.79. The Morgan fingerprint density at radius 3 is 2.24 bits per heavy atom. The lowest BCUT2D eigenvalue weighted by Crippen LogP contribution is -2.09. The highest BCUT2D eigenvalue weighted by Gasteiger charge is 2.08. The van der Waals surface area contributed by atoms with Crippen LogP contribution in [0.1, 0.15) is 25.3 Å². The van der Waals surface area contributed by atoms with Crippen LogP contribution in [0.25, 0.3) is 0 Å². The van der Waals surface area contributed by atoms with Crippen LogP contribution >= 0.6 is 0 Å². The van der Waals surface area contributed by atoms with Gasteiger partial charge in [0.25, 0.3) is 0 Å². The van der Waals surface area contributed by atoms with Crippen LogP contribution in [0.5, 0.6) is 0 Å². The molecule has 1 aromatic rings. The number of rotatable bonds is 6. The second-order valence-electron chi connectivity index (χ2n) is 3.46. The normalized spacial score (nSPS) is 12.4. The van der Waals surface area contributed by atoms with E-state index >= 15 is 0 Å². The van der Waals surface area contributed by atoms with E-state index in [0.717, 1.165) is 23.4 Å². The van der Waals surface area contributed by atoms with E-state index in [-0.39, 0.29) is 0 Å². The standard InChI is InChI=1S/C13H18N2O2/c1-4-12(14-16-2)10-13(15-17-3)11-8-6-5-7-9-11/h5-9H,4,10H2,1-3H3.